The number of piperidine rings is 1. The molecule has 0 bridgehead atoms. The van der Waals surface area contributed by atoms with Gasteiger partial charge in [0.25, 0.3) is 0 Å². The Kier molecular flexibility index (Phi) is 9.30. The first-order valence-electron chi connectivity index (χ1n) is 10.3. The number of halogens is 1. The molecule has 1 atom stereocenters. The molecule has 2 aromatic rings. The number of rotatable bonds is 8. The molecule has 154 valence electrons. The zero-order chi connectivity index (χ0) is 19.1. The normalized spacial score (nSPS) is 16.6. The molecule has 2 aromatic carbocycles. The fourth-order valence-corrected chi connectivity index (χ4v) is 3.95. The number of likely N-dealkylation sites (tertiary alicyclic amines) is 1. The van der Waals surface area contributed by atoms with E-state index in [0.29, 0.717) is 19.1 Å². The van der Waals surface area contributed by atoms with Crippen LogP contribution in [0.3, 0.4) is 0 Å². The zero-order valence-corrected chi connectivity index (χ0v) is 17.9. The minimum absolute atomic E-state index is 0. The van der Waals surface area contributed by atoms with Gasteiger partial charge >= 0.3 is 0 Å². The van der Waals surface area contributed by atoms with E-state index in [0.717, 1.165) is 24.8 Å². The molecule has 3 rings (SSSR count). The van der Waals surface area contributed by atoms with Crippen LogP contribution in [0, 0.1) is 5.92 Å². The van der Waals surface area contributed by atoms with Crippen molar-refractivity contribution in [2.45, 2.75) is 45.1 Å². The molecule has 1 fully saturated rings. The van der Waals surface area contributed by atoms with Gasteiger partial charge in [0.2, 0.25) is 0 Å². The van der Waals surface area contributed by atoms with Crippen LogP contribution in [0.4, 0.5) is 0 Å². The molecule has 1 aliphatic rings. The largest absolute Gasteiger partial charge is 0.491 e. The van der Waals surface area contributed by atoms with Crippen LogP contribution in [0.15, 0.2) is 54.6 Å². The number of ether oxygens (including phenoxy) is 1. The Bertz CT molecular complexity index is 684. The number of aliphatic hydroxyl groups is 1. The molecular formula is C24H34ClNO2. The van der Waals surface area contributed by atoms with Gasteiger partial charge in [0.15, 0.2) is 0 Å². The van der Waals surface area contributed by atoms with Crippen LogP contribution < -0.4 is 4.74 Å². The van der Waals surface area contributed by atoms with E-state index in [2.05, 4.69) is 55.1 Å². The maximum Gasteiger partial charge on any atom is 0.122 e. The molecule has 0 spiro atoms. The second-order valence-corrected chi connectivity index (χ2v) is 8.09. The third-order valence-corrected chi connectivity index (χ3v) is 5.52. The van der Waals surface area contributed by atoms with Gasteiger partial charge in [-0.15, -0.1) is 12.4 Å². The van der Waals surface area contributed by atoms with Gasteiger partial charge in [-0.1, -0.05) is 62.4 Å². The number of hydrogen-bond acceptors (Lipinski definition) is 3. The lowest BCUT2D eigenvalue weighted by Crippen LogP contribution is -2.41. The van der Waals surface area contributed by atoms with E-state index < -0.39 is 6.10 Å². The van der Waals surface area contributed by atoms with E-state index in [-0.39, 0.29) is 12.4 Å². The van der Waals surface area contributed by atoms with Crippen LogP contribution in [0.2, 0.25) is 0 Å². The monoisotopic (exact) mass is 403 g/mol. The molecule has 0 radical (unpaired) electrons. The first kappa shape index (κ1) is 22.7. The Hall–Kier alpha value is -1.55. The second kappa shape index (κ2) is 11.5. The molecule has 0 aliphatic carbocycles. The lowest BCUT2D eigenvalue weighted by Gasteiger charge is -2.33. The standard InChI is InChI=1S/C24H33NO2.ClH/c1-19(2)23-10-6-7-11-24(23)27-18-22(26)17-25-14-12-21(13-15-25)16-20-8-4-3-5-9-20;/h3-11,19,21-22,26H,12-18H2,1-2H3;1H. The molecule has 3 nitrogen and oxygen atoms in total. The summed E-state index contributed by atoms with van der Waals surface area (Å²) in [4.78, 5) is 2.38. The minimum Gasteiger partial charge on any atom is -0.491 e. The van der Waals surface area contributed by atoms with Crippen LogP contribution in [0.25, 0.3) is 0 Å². The molecule has 1 unspecified atom stereocenters. The van der Waals surface area contributed by atoms with Gasteiger partial charge in [0, 0.05) is 6.54 Å². The van der Waals surface area contributed by atoms with E-state index >= 15 is 0 Å². The number of β-amino-alcohol motifs (C(OH)–C–C–N with tert-alkyl or cyclic N) is 1. The third kappa shape index (κ3) is 6.80. The fourth-order valence-electron chi connectivity index (χ4n) is 3.95. The quantitative estimate of drug-likeness (QED) is 0.678. The van der Waals surface area contributed by atoms with Crippen LogP contribution >= 0.6 is 12.4 Å². The van der Waals surface area contributed by atoms with Crippen molar-refractivity contribution < 1.29 is 9.84 Å². The SMILES string of the molecule is CC(C)c1ccccc1OCC(O)CN1CCC(Cc2ccccc2)CC1.Cl. The molecule has 0 aromatic heterocycles. The smallest absolute Gasteiger partial charge is 0.122 e. The second-order valence-electron chi connectivity index (χ2n) is 8.09. The number of hydrogen-bond donors (Lipinski definition) is 1. The van der Waals surface area contributed by atoms with Crippen LogP contribution in [-0.2, 0) is 6.42 Å². The van der Waals surface area contributed by atoms with Gasteiger partial charge in [0.05, 0.1) is 0 Å². The molecule has 1 heterocycles. The van der Waals surface area contributed by atoms with Gasteiger partial charge in [-0.2, -0.15) is 0 Å². The van der Waals surface area contributed by atoms with Gasteiger partial charge in [-0.25, -0.2) is 0 Å². The summed E-state index contributed by atoms with van der Waals surface area (Å²) in [7, 11) is 0. The summed E-state index contributed by atoms with van der Waals surface area (Å²) < 4.78 is 5.93. The van der Waals surface area contributed by atoms with Crippen molar-refractivity contribution >= 4 is 12.4 Å². The van der Waals surface area contributed by atoms with Crippen molar-refractivity contribution in [3.8, 4) is 5.75 Å². The van der Waals surface area contributed by atoms with Crippen LogP contribution in [0.5, 0.6) is 5.75 Å². The molecule has 1 N–H and O–H groups in total. The summed E-state index contributed by atoms with van der Waals surface area (Å²) in [6, 6.07) is 18.9. The number of aliphatic hydroxyl groups excluding tert-OH is 1. The Morgan fingerprint density at radius 3 is 2.32 bits per heavy atom. The predicted octanol–water partition coefficient (Wildman–Crippen LogP) is 4.93. The Morgan fingerprint density at radius 1 is 1.00 bits per heavy atom. The summed E-state index contributed by atoms with van der Waals surface area (Å²) >= 11 is 0. The predicted molar refractivity (Wildman–Crippen MR) is 119 cm³/mol. The van der Waals surface area contributed by atoms with Gasteiger partial charge < -0.3 is 14.7 Å². The number of para-hydroxylation sites is 1. The Balaban J connectivity index is 0.00000280. The lowest BCUT2D eigenvalue weighted by molar-refractivity contribution is 0.0547. The lowest BCUT2D eigenvalue weighted by atomic mass is 9.90. The molecule has 4 heteroatoms. The van der Waals surface area contributed by atoms with Crippen LogP contribution in [0.1, 0.15) is 43.7 Å². The molecule has 28 heavy (non-hydrogen) atoms. The molecule has 0 amide bonds. The topological polar surface area (TPSA) is 32.7 Å². The molecular weight excluding hydrogens is 370 g/mol. The highest BCUT2D eigenvalue weighted by atomic mass is 35.5. The maximum atomic E-state index is 10.4. The Labute approximate surface area is 176 Å². The number of nitrogens with zero attached hydrogens (tertiary/aromatic N) is 1. The molecule has 1 aliphatic heterocycles. The van der Waals surface area contributed by atoms with Crippen molar-refractivity contribution in [1.29, 1.82) is 0 Å². The highest BCUT2D eigenvalue weighted by molar-refractivity contribution is 5.85. The number of benzene rings is 2. The minimum atomic E-state index is -0.448. The highest BCUT2D eigenvalue weighted by Crippen LogP contribution is 2.26. The summed E-state index contributed by atoms with van der Waals surface area (Å²) in [6.45, 7) is 7.51. The summed E-state index contributed by atoms with van der Waals surface area (Å²) in [5.41, 5.74) is 2.64. The van der Waals surface area contributed by atoms with Gasteiger partial charge in [-0.05, 0) is 61.4 Å². The van der Waals surface area contributed by atoms with Gasteiger partial charge in [-0.3, -0.25) is 0 Å². The summed E-state index contributed by atoms with van der Waals surface area (Å²) in [5, 5.41) is 10.4. The first-order chi connectivity index (χ1) is 13.1. The first-order valence-corrected chi connectivity index (χ1v) is 10.3. The van der Waals surface area contributed by atoms with Crippen molar-refractivity contribution in [1.82, 2.24) is 4.90 Å². The van der Waals surface area contributed by atoms with Crippen molar-refractivity contribution in [3.05, 3.63) is 65.7 Å². The van der Waals surface area contributed by atoms with Crippen molar-refractivity contribution in [3.63, 3.8) is 0 Å². The van der Waals surface area contributed by atoms with E-state index in [1.165, 1.54) is 30.4 Å². The Morgan fingerprint density at radius 2 is 1.64 bits per heavy atom. The molecule has 1 saturated heterocycles. The van der Waals surface area contributed by atoms with E-state index in [9.17, 15) is 5.11 Å². The summed E-state index contributed by atoms with van der Waals surface area (Å²) in [5.74, 6) is 2.07. The average molecular weight is 404 g/mol. The third-order valence-electron chi connectivity index (χ3n) is 5.52. The summed E-state index contributed by atoms with van der Waals surface area (Å²) in [6.07, 6.45) is 3.14. The van der Waals surface area contributed by atoms with E-state index in [1.807, 2.05) is 18.2 Å². The van der Waals surface area contributed by atoms with Crippen LogP contribution in [-0.4, -0.2) is 42.4 Å². The fraction of sp³-hybridized carbons (Fsp3) is 0.500. The highest BCUT2D eigenvalue weighted by Gasteiger charge is 2.21. The van der Waals surface area contributed by atoms with Gasteiger partial charge in [0.1, 0.15) is 18.5 Å². The molecule has 0 saturated carbocycles. The van der Waals surface area contributed by atoms with Crippen molar-refractivity contribution in [2.24, 2.45) is 5.92 Å². The van der Waals surface area contributed by atoms with Crippen molar-refractivity contribution in [2.75, 3.05) is 26.2 Å². The van der Waals surface area contributed by atoms with E-state index in [1.54, 1.807) is 0 Å². The van der Waals surface area contributed by atoms with E-state index in [4.69, 9.17) is 4.74 Å². The maximum absolute atomic E-state index is 10.4. The average Bonchev–Trinajstić information content (AvgIpc) is 2.69. The zero-order valence-electron chi connectivity index (χ0n) is 17.1.